The van der Waals surface area contributed by atoms with Crippen LogP contribution in [0.25, 0.3) is 0 Å². The number of carbonyl (C=O) groups excluding carboxylic acids is 1. The first-order valence-corrected chi connectivity index (χ1v) is 5.71. The van der Waals surface area contributed by atoms with Gasteiger partial charge in [-0.2, -0.15) is 0 Å². The van der Waals surface area contributed by atoms with Gasteiger partial charge < -0.3 is 15.2 Å². The number of carbonyl (C=O) groups is 1. The summed E-state index contributed by atoms with van der Waals surface area (Å²) in [6.07, 6.45) is -0.563. The van der Waals surface area contributed by atoms with E-state index in [0.717, 1.165) is 5.56 Å². The highest BCUT2D eigenvalue weighted by Gasteiger charge is 2.07. The van der Waals surface area contributed by atoms with E-state index in [1.54, 1.807) is 25.1 Å². The lowest BCUT2D eigenvalue weighted by Crippen LogP contribution is -2.34. The molecule has 1 rings (SSSR count). The minimum atomic E-state index is -0.563. The van der Waals surface area contributed by atoms with Crippen LogP contribution < -0.4 is 10.1 Å². The largest absolute Gasteiger partial charge is 0.483 e. The third-order valence-electron chi connectivity index (χ3n) is 2.17. The van der Waals surface area contributed by atoms with E-state index >= 15 is 0 Å². The molecular weight excluding hydrogens is 242 g/mol. The molecule has 0 heterocycles. The first kappa shape index (κ1) is 13.8. The lowest BCUT2D eigenvalue weighted by atomic mass is 10.2. The molecule has 0 aromatic heterocycles. The molecular formula is C12H16ClNO3. The first-order chi connectivity index (χ1) is 8.00. The monoisotopic (exact) mass is 257 g/mol. The van der Waals surface area contributed by atoms with Gasteiger partial charge in [0.25, 0.3) is 5.91 Å². The molecule has 94 valence electrons. The maximum atomic E-state index is 11.3. The Hall–Kier alpha value is -1.26. The second-order valence-corrected chi connectivity index (χ2v) is 4.21. The normalized spacial score (nSPS) is 12.0. The molecule has 0 bridgehead atoms. The van der Waals surface area contributed by atoms with Crippen molar-refractivity contribution in [1.29, 1.82) is 0 Å². The maximum Gasteiger partial charge on any atom is 0.258 e. The highest BCUT2D eigenvalue weighted by Crippen LogP contribution is 2.24. The molecule has 0 aliphatic heterocycles. The standard InChI is InChI=1S/C12H16ClNO3/c1-8(15)6-14-12(16)7-17-11-5-3-4-10(13)9(11)2/h3-5,8,15H,6-7H2,1-2H3,(H,14,16). The molecule has 1 aromatic carbocycles. The fourth-order valence-corrected chi connectivity index (χ4v) is 1.37. The number of ether oxygens (including phenoxy) is 1. The van der Waals surface area contributed by atoms with Crippen LogP contribution in [0.2, 0.25) is 5.02 Å². The van der Waals surface area contributed by atoms with Gasteiger partial charge in [-0.05, 0) is 26.0 Å². The Bertz CT molecular complexity index is 393. The van der Waals surface area contributed by atoms with Crippen molar-refractivity contribution < 1.29 is 14.6 Å². The van der Waals surface area contributed by atoms with E-state index in [0.29, 0.717) is 10.8 Å². The number of benzene rings is 1. The van der Waals surface area contributed by atoms with E-state index in [1.807, 2.05) is 6.92 Å². The maximum absolute atomic E-state index is 11.3. The van der Waals surface area contributed by atoms with E-state index in [2.05, 4.69) is 5.32 Å². The van der Waals surface area contributed by atoms with Crippen LogP contribution in [0.1, 0.15) is 12.5 Å². The van der Waals surface area contributed by atoms with Gasteiger partial charge in [0, 0.05) is 17.1 Å². The van der Waals surface area contributed by atoms with Crippen molar-refractivity contribution in [1.82, 2.24) is 5.32 Å². The molecule has 0 radical (unpaired) electrons. The second kappa shape index (κ2) is 6.47. The van der Waals surface area contributed by atoms with Gasteiger partial charge >= 0.3 is 0 Å². The van der Waals surface area contributed by atoms with E-state index in [1.165, 1.54) is 0 Å². The predicted molar refractivity (Wildman–Crippen MR) is 66.4 cm³/mol. The molecule has 4 nitrogen and oxygen atoms in total. The van der Waals surface area contributed by atoms with Gasteiger partial charge in [-0.1, -0.05) is 17.7 Å². The van der Waals surface area contributed by atoms with Crippen LogP contribution in [0, 0.1) is 6.92 Å². The van der Waals surface area contributed by atoms with Gasteiger partial charge in [0.05, 0.1) is 6.10 Å². The van der Waals surface area contributed by atoms with Crippen molar-refractivity contribution in [3.8, 4) is 5.75 Å². The molecule has 0 fully saturated rings. The number of nitrogens with one attached hydrogen (secondary N) is 1. The number of halogens is 1. The lowest BCUT2D eigenvalue weighted by Gasteiger charge is -2.11. The summed E-state index contributed by atoms with van der Waals surface area (Å²) in [7, 11) is 0. The Morgan fingerprint density at radius 2 is 2.29 bits per heavy atom. The van der Waals surface area contributed by atoms with E-state index in [-0.39, 0.29) is 19.1 Å². The summed E-state index contributed by atoms with van der Waals surface area (Å²) < 4.78 is 5.33. The fraction of sp³-hybridized carbons (Fsp3) is 0.417. The van der Waals surface area contributed by atoms with E-state index in [4.69, 9.17) is 21.4 Å². The van der Waals surface area contributed by atoms with Crippen molar-refractivity contribution in [2.75, 3.05) is 13.2 Å². The Balaban J connectivity index is 2.45. The summed E-state index contributed by atoms with van der Waals surface area (Å²) in [5.74, 6) is 0.315. The van der Waals surface area contributed by atoms with Crippen LogP contribution in [0.3, 0.4) is 0 Å². The zero-order valence-corrected chi connectivity index (χ0v) is 10.6. The average molecular weight is 258 g/mol. The zero-order chi connectivity index (χ0) is 12.8. The Morgan fingerprint density at radius 3 is 2.94 bits per heavy atom. The van der Waals surface area contributed by atoms with Crippen LogP contribution >= 0.6 is 11.6 Å². The molecule has 0 aliphatic rings. The smallest absolute Gasteiger partial charge is 0.258 e. The van der Waals surface area contributed by atoms with Gasteiger partial charge in [0.1, 0.15) is 5.75 Å². The Kier molecular flexibility index (Phi) is 5.25. The van der Waals surface area contributed by atoms with Crippen LogP contribution in [0.4, 0.5) is 0 Å². The van der Waals surface area contributed by atoms with Gasteiger partial charge in [0.2, 0.25) is 0 Å². The minimum Gasteiger partial charge on any atom is -0.483 e. The first-order valence-electron chi connectivity index (χ1n) is 5.33. The molecule has 1 amide bonds. The molecule has 0 spiro atoms. The molecule has 0 aliphatic carbocycles. The van der Waals surface area contributed by atoms with Crippen LogP contribution in [0.5, 0.6) is 5.75 Å². The highest BCUT2D eigenvalue weighted by atomic mass is 35.5. The fourth-order valence-electron chi connectivity index (χ4n) is 1.20. The average Bonchev–Trinajstić information content (AvgIpc) is 2.28. The predicted octanol–water partition coefficient (Wildman–Crippen LogP) is 1.52. The number of rotatable bonds is 5. The summed E-state index contributed by atoms with van der Waals surface area (Å²) >= 11 is 5.92. The van der Waals surface area contributed by atoms with E-state index in [9.17, 15) is 4.79 Å². The summed E-state index contributed by atoms with van der Waals surface area (Å²) in [6.45, 7) is 3.55. The third-order valence-corrected chi connectivity index (χ3v) is 2.58. The lowest BCUT2D eigenvalue weighted by molar-refractivity contribution is -0.123. The molecule has 5 heteroatoms. The van der Waals surface area contributed by atoms with Crippen molar-refractivity contribution in [3.63, 3.8) is 0 Å². The third kappa shape index (κ3) is 4.63. The van der Waals surface area contributed by atoms with E-state index < -0.39 is 6.10 Å². The Labute approximate surface area is 106 Å². The Morgan fingerprint density at radius 1 is 1.59 bits per heavy atom. The summed E-state index contributed by atoms with van der Waals surface area (Å²) in [5.41, 5.74) is 0.803. The van der Waals surface area contributed by atoms with Crippen LogP contribution in [-0.4, -0.2) is 30.3 Å². The number of hydrogen-bond acceptors (Lipinski definition) is 3. The van der Waals surface area contributed by atoms with Crippen molar-refractivity contribution in [3.05, 3.63) is 28.8 Å². The molecule has 2 N–H and O–H groups in total. The van der Waals surface area contributed by atoms with Gasteiger partial charge in [-0.25, -0.2) is 0 Å². The number of aliphatic hydroxyl groups is 1. The van der Waals surface area contributed by atoms with Gasteiger partial charge in [0.15, 0.2) is 6.61 Å². The van der Waals surface area contributed by atoms with Crippen molar-refractivity contribution in [2.24, 2.45) is 0 Å². The molecule has 1 aromatic rings. The minimum absolute atomic E-state index is 0.0894. The topological polar surface area (TPSA) is 58.6 Å². The summed E-state index contributed by atoms with van der Waals surface area (Å²) in [6, 6.07) is 5.28. The van der Waals surface area contributed by atoms with Crippen molar-refractivity contribution >= 4 is 17.5 Å². The van der Waals surface area contributed by atoms with Crippen LogP contribution in [-0.2, 0) is 4.79 Å². The molecule has 17 heavy (non-hydrogen) atoms. The van der Waals surface area contributed by atoms with Crippen LogP contribution in [0.15, 0.2) is 18.2 Å². The molecule has 0 saturated carbocycles. The highest BCUT2D eigenvalue weighted by molar-refractivity contribution is 6.31. The SMILES string of the molecule is Cc1c(Cl)cccc1OCC(=O)NCC(C)O. The summed E-state index contributed by atoms with van der Waals surface area (Å²) in [4.78, 5) is 11.3. The number of hydrogen-bond donors (Lipinski definition) is 2. The summed E-state index contributed by atoms with van der Waals surface area (Å²) in [5, 5.41) is 12.1. The molecule has 1 atom stereocenters. The van der Waals surface area contributed by atoms with Gasteiger partial charge in [-0.15, -0.1) is 0 Å². The zero-order valence-electron chi connectivity index (χ0n) is 9.87. The van der Waals surface area contributed by atoms with Crippen molar-refractivity contribution in [2.45, 2.75) is 20.0 Å². The number of aliphatic hydroxyl groups excluding tert-OH is 1. The second-order valence-electron chi connectivity index (χ2n) is 3.80. The number of amides is 1. The van der Waals surface area contributed by atoms with Gasteiger partial charge in [-0.3, -0.25) is 4.79 Å². The molecule has 0 saturated heterocycles. The molecule has 1 unspecified atom stereocenters. The quantitative estimate of drug-likeness (QED) is 0.841.